The van der Waals surface area contributed by atoms with Crippen LogP contribution in [0, 0.1) is 0 Å². The molecule has 0 aromatic carbocycles. The van der Waals surface area contributed by atoms with Crippen LogP contribution in [0.25, 0.3) is 0 Å². The van der Waals surface area contributed by atoms with Crippen LogP contribution < -0.4 is 5.73 Å². The van der Waals surface area contributed by atoms with Gasteiger partial charge in [0.2, 0.25) is 0 Å². The summed E-state index contributed by atoms with van der Waals surface area (Å²) in [5, 5.41) is 0. The smallest absolute Gasteiger partial charge is 0.402 e. The topological polar surface area (TPSA) is 56.8 Å². The number of nitrogens with zero attached hydrogens (tertiary/aromatic N) is 1. The van der Waals surface area contributed by atoms with E-state index in [4.69, 9.17) is 15.0 Å². The summed E-state index contributed by atoms with van der Waals surface area (Å²) in [5.74, 6) is 0. The Morgan fingerprint density at radius 3 is 1.94 bits per heavy atom. The monoisotopic (exact) mass is 224 g/mol. The highest BCUT2D eigenvalue weighted by molar-refractivity contribution is 6.60. The fourth-order valence-electron chi connectivity index (χ4n) is 1.46. The van der Waals surface area contributed by atoms with Crippen molar-refractivity contribution in [2.45, 2.75) is 45.8 Å². The summed E-state index contributed by atoms with van der Waals surface area (Å²) in [4.78, 5) is 3.97. The van der Waals surface area contributed by atoms with Gasteiger partial charge in [-0.05, 0) is 34.6 Å². The fourth-order valence-corrected chi connectivity index (χ4v) is 1.46. The zero-order valence-corrected chi connectivity index (χ0v) is 11.0. The highest BCUT2D eigenvalue weighted by Gasteiger charge is 2.52. The number of allylic oxidation sites excluding steroid dienone is 2. The molecular weight excluding hydrogens is 203 g/mol. The van der Waals surface area contributed by atoms with E-state index in [2.05, 4.69) is 4.99 Å². The van der Waals surface area contributed by atoms with Crippen LogP contribution in [0.5, 0.6) is 0 Å². The molecule has 0 atom stereocenters. The van der Waals surface area contributed by atoms with E-state index < -0.39 is 7.12 Å². The van der Waals surface area contributed by atoms with Crippen molar-refractivity contribution >= 4 is 13.3 Å². The molecule has 0 saturated carbocycles. The van der Waals surface area contributed by atoms with Crippen molar-refractivity contribution in [1.82, 2.24) is 0 Å². The van der Waals surface area contributed by atoms with Crippen LogP contribution >= 0.6 is 0 Å². The Balaban J connectivity index is 2.99. The Labute approximate surface area is 98.0 Å². The predicted molar refractivity (Wildman–Crippen MR) is 67.4 cm³/mol. The molecule has 1 fully saturated rings. The van der Waals surface area contributed by atoms with Crippen molar-refractivity contribution in [2.75, 3.05) is 7.05 Å². The Morgan fingerprint density at radius 1 is 1.19 bits per heavy atom. The van der Waals surface area contributed by atoms with Crippen LogP contribution in [0.15, 0.2) is 16.2 Å². The molecule has 0 aliphatic carbocycles. The van der Waals surface area contributed by atoms with Gasteiger partial charge in [-0.15, -0.1) is 0 Å². The Morgan fingerprint density at radius 2 is 1.62 bits per heavy atom. The molecule has 0 spiro atoms. The number of nitrogens with two attached hydrogens (primary N) is 1. The zero-order valence-electron chi connectivity index (χ0n) is 11.0. The molecule has 2 N–H and O–H groups in total. The van der Waals surface area contributed by atoms with Crippen molar-refractivity contribution < 1.29 is 9.31 Å². The minimum Gasteiger partial charge on any atom is -0.402 e. The van der Waals surface area contributed by atoms with Gasteiger partial charge in [0, 0.05) is 24.4 Å². The molecule has 0 amide bonds. The predicted octanol–water partition coefficient (Wildman–Crippen LogP) is 1.55. The van der Waals surface area contributed by atoms with Gasteiger partial charge in [-0.2, -0.15) is 0 Å². The molecule has 0 aromatic rings. The van der Waals surface area contributed by atoms with E-state index in [-0.39, 0.29) is 11.2 Å². The third-order valence-electron chi connectivity index (χ3n) is 3.23. The summed E-state index contributed by atoms with van der Waals surface area (Å²) in [6, 6.07) is 0. The molecule has 5 heteroatoms. The van der Waals surface area contributed by atoms with Crippen molar-refractivity contribution in [2.24, 2.45) is 10.7 Å². The van der Waals surface area contributed by atoms with E-state index in [1.54, 1.807) is 13.3 Å². The molecule has 1 rings (SSSR count). The minimum absolute atomic E-state index is 0.347. The maximum Gasteiger partial charge on any atom is 0.498 e. The molecule has 16 heavy (non-hydrogen) atoms. The average Bonchev–Trinajstić information content (AvgIpc) is 2.31. The van der Waals surface area contributed by atoms with E-state index in [1.807, 2.05) is 34.6 Å². The van der Waals surface area contributed by atoms with E-state index in [0.717, 1.165) is 5.47 Å². The Kier molecular flexibility index (Phi) is 3.50. The SMILES string of the molecule is CN=CC(B1OC(C)(C)C(C)(C)O1)=C(C)N. The van der Waals surface area contributed by atoms with Gasteiger partial charge in [0.15, 0.2) is 0 Å². The first-order valence-corrected chi connectivity index (χ1v) is 5.45. The molecule has 1 heterocycles. The third-order valence-corrected chi connectivity index (χ3v) is 3.23. The molecule has 0 aromatic heterocycles. The summed E-state index contributed by atoms with van der Waals surface area (Å²) in [5.41, 5.74) is 6.58. The van der Waals surface area contributed by atoms with Crippen LogP contribution in [-0.2, 0) is 9.31 Å². The lowest BCUT2D eigenvalue weighted by atomic mass is 9.77. The van der Waals surface area contributed by atoms with E-state index in [1.165, 1.54) is 0 Å². The van der Waals surface area contributed by atoms with Crippen molar-refractivity contribution in [3.63, 3.8) is 0 Å². The summed E-state index contributed by atoms with van der Waals surface area (Å²) in [7, 11) is 1.27. The molecule has 1 saturated heterocycles. The van der Waals surface area contributed by atoms with Crippen LogP contribution in [0.3, 0.4) is 0 Å². The van der Waals surface area contributed by atoms with Crippen LogP contribution in [-0.4, -0.2) is 31.6 Å². The molecule has 0 bridgehead atoms. The first-order chi connectivity index (χ1) is 7.21. The highest BCUT2D eigenvalue weighted by atomic mass is 16.7. The van der Waals surface area contributed by atoms with Gasteiger partial charge in [0.05, 0.1) is 11.2 Å². The normalized spacial score (nSPS) is 25.0. The number of hydrogen-bond donors (Lipinski definition) is 1. The largest absolute Gasteiger partial charge is 0.498 e. The lowest BCUT2D eigenvalue weighted by Gasteiger charge is -2.32. The standard InChI is InChI=1S/C11H21BN2O2/c1-8(13)9(7-14-6)12-15-10(2,3)11(4,5)16-12/h7H,13H2,1-6H3. The van der Waals surface area contributed by atoms with Crippen molar-refractivity contribution in [3.05, 3.63) is 11.2 Å². The summed E-state index contributed by atoms with van der Waals surface area (Å²) >= 11 is 0. The second kappa shape index (κ2) is 4.22. The van der Waals surface area contributed by atoms with E-state index >= 15 is 0 Å². The average molecular weight is 224 g/mol. The minimum atomic E-state index is -0.432. The first kappa shape index (κ1) is 13.3. The molecule has 1 aliphatic heterocycles. The molecular formula is C11H21BN2O2. The zero-order chi connectivity index (χ0) is 12.6. The van der Waals surface area contributed by atoms with Gasteiger partial charge in [0.1, 0.15) is 0 Å². The maximum absolute atomic E-state index is 5.89. The molecule has 0 unspecified atom stereocenters. The Bertz CT molecular complexity index is 315. The molecule has 1 aliphatic rings. The number of aliphatic imine (C=N–C) groups is 1. The first-order valence-electron chi connectivity index (χ1n) is 5.45. The summed E-state index contributed by atoms with van der Waals surface area (Å²) in [6.07, 6.45) is 1.69. The third kappa shape index (κ3) is 2.30. The van der Waals surface area contributed by atoms with Crippen LogP contribution in [0.4, 0.5) is 0 Å². The lowest BCUT2D eigenvalue weighted by molar-refractivity contribution is 0.00578. The maximum atomic E-state index is 5.89. The molecule has 4 nitrogen and oxygen atoms in total. The van der Waals surface area contributed by atoms with Gasteiger partial charge in [0.25, 0.3) is 0 Å². The van der Waals surface area contributed by atoms with Gasteiger partial charge in [-0.25, -0.2) is 0 Å². The van der Waals surface area contributed by atoms with Crippen molar-refractivity contribution in [3.8, 4) is 0 Å². The van der Waals surface area contributed by atoms with Gasteiger partial charge in [-0.3, -0.25) is 4.99 Å². The number of hydrogen-bond acceptors (Lipinski definition) is 4. The van der Waals surface area contributed by atoms with Crippen molar-refractivity contribution in [1.29, 1.82) is 0 Å². The Hall–Kier alpha value is -0.805. The summed E-state index contributed by atoms with van der Waals surface area (Å²) < 4.78 is 11.8. The summed E-state index contributed by atoms with van der Waals surface area (Å²) in [6.45, 7) is 9.88. The molecule has 90 valence electrons. The van der Waals surface area contributed by atoms with Crippen LogP contribution in [0.2, 0.25) is 0 Å². The second-order valence-electron chi connectivity index (χ2n) is 5.11. The van der Waals surface area contributed by atoms with Crippen LogP contribution in [0.1, 0.15) is 34.6 Å². The fraction of sp³-hybridized carbons (Fsp3) is 0.727. The van der Waals surface area contributed by atoms with Gasteiger partial charge >= 0.3 is 7.12 Å². The molecule has 0 radical (unpaired) electrons. The quantitative estimate of drug-likeness (QED) is 0.571. The number of rotatable bonds is 2. The van der Waals surface area contributed by atoms with E-state index in [0.29, 0.717) is 5.70 Å². The lowest BCUT2D eigenvalue weighted by Crippen LogP contribution is -2.41. The highest BCUT2D eigenvalue weighted by Crippen LogP contribution is 2.38. The van der Waals surface area contributed by atoms with Gasteiger partial charge < -0.3 is 15.0 Å². The van der Waals surface area contributed by atoms with Gasteiger partial charge in [-0.1, -0.05) is 0 Å². The second-order valence-corrected chi connectivity index (χ2v) is 5.11. The van der Waals surface area contributed by atoms with E-state index in [9.17, 15) is 0 Å².